The van der Waals surface area contributed by atoms with E-state index in [0.29, 0.717) is 12.1 Å². The van der Waals surface area contributed by atoms with Crippen molar-refractivity contribution in [2.45, 2.75) is 32.6 Å². The maximum atomic E-state index is 11.9. The van der Waals surface area contributed by atoms with E-state index in [1.807, 2.05) is 0 Å². The molecule has 1 aromatic carbocycles. The first kappa shape index (κ1) is 18.0. The Bertz CT molecular complexity index is 723. The molecule has 0 bridgehead atoms. The summed E-state index contributed by atoms with van der Waals surface area (Å²) in [7, 11) is 0. The van der Waals surface area contributed by atoms with Crippen LogP contribution in [-0.2, 0) is 16.6 Å². The van der Waals surface area contributed by atoms with Crippen molar-refractivity contribution in [3.8, 4) is 6.07 Å². The Morgan fingerprint density at radius 3 is 2.58 bits per heavy atom. The van der Waals surface area contributed by atoms with Crippen molar-refractivity contribution in [2.24, 2.45) is 0 Å². The number of benzene rings is 1. The first-order chi connectivity index (χ1) is 11.4. The number of aromatic nitrogens is 1. The molecule has 0 radical (unpaired) electrons. The highest BCUT2D eigenvalue weighted by Crippen LogP contribution is 2.23. The molecule has 0 fully saturated rings. The summed E-state index contributed by atoms with van der Waals surface area (Å²) < 4.78 is 0. The van der Waals surface area contributed by atoms with Gasteiger partial charge in [-0.05, 0) is 24.3 Å². The van der Waals surface area contributed by atoms with Crippen molar-refractivity contribution < 1.29 is 4.79 Å². The van der Waals surface area contributed by atoms with Gasteiger partial charge in [0.2, 0.25) is 5.91 Å². The standard InChI is InChI=1S/C18H22N4OS/c1-18(2,3)15-12-24-17(22-15)8-9-20-16(23)11-21-14-6-4-13(10-19)5-7-14/h4-7,12,21H,8-9,11H2,1-3H3,(H,20,23). The molecule has 0 aliphatic rings. The Balaban J connectivity index is 1.71. The molecule has 0 unspecified atom stereocenters. The summed E-state index contributed by atoms with van der Waals surface area (Å²) in [6.45, 7) is 7.20. The van der Waals surface area contributed by atoms with Crippen LogP contribution in [0.3, 0.4) is 0 Å². The van der Waals surface area contributed by atoms with E-state index in [1.165, 1.54) is 0 Å². The Morgan fingerprint density at radius 2 is 2.00 bits per heavy atom. The zero-order valence-corrected chi connectivity index (χ0v) is 15.0. The van der Waals surface area contributed by atoms with Gasteiger partial charge < -0.3 is 10.6 Å². The average molecular weight is 342 g/mol. The van der Waals surface area contributed by atoms with Gasteiger partial charge in [0.1, 0.15) is 0 Å². The van der Waals surface area contributed by atoms with Gasteiger partial charge >= 0.3 is 0 Å². The summed E-state index contributed by atoms with van der Waals surface area (Å²) in [4.78, 5) is 16.5. The number of thiazole rings is 1. The topological polar surface area (TPSA) is 77.8 Å². The average Bonchev–Trinajstić information content (AvgIpc) is 3.02. The van der Waals surface area contributed by atoms with Gasteiger partial charge in [0.25, 0.3) is 0 Å². The molecular weight excluding hydrogens is 320 g/mol. The second kappa shape index (κ2) is 7.93. The lowest BCUT2D eigenvalue weighted by atomic mass is 9.93. The third-order valence-electron chi connectivity index (χ3n) is 3.45. The maximum Gasteiger partial charge on any atom is 0.239 e. The van der Waals surface area contributed by atoms with E-state index in [0.717, 1.165) is 22.8 Å². The number of nitrogens with zero attached hydrogens (tertiary/aromatic N) is 2. The summed E-state index contributed by atoms with van der Waals surface area (Å²) in [5.74, 6) is -0.0630. The van der Waals surface area contributed by atoms with E-state index in [9.17, 15) is 4.79 Å². The molecule has 126 valence electrons. The molecule has 0 aliphatic heterocycles. The van der Waals surface area contributed by atoms with Crippen LogP contribution in [-0.4, -0.2) is 24.0 Å². The molecule has 2 rings (SSSR count). The van der Waals surface area contributed by atoms with Crippen LogP contribution in [0.5, 0.6) is 0 Å². The summed E-state index contributed by atoms with van der Waals surface area (Å²) >= 11 is 1.64. The molecule has 0 atom stereocenters. The van der Waals surface area contributed by atoms with Crippen LogP contribution in [0.15, 0.2) is 29.6 Å². The van der Waals surface area contributed by atoms with E-state index >= 15 is 0 Å². The predicted molar refractivity (Wildman–Crippen MR) is 97.2 cm³/mol. The lowest BCUT2D eigenvalue weighted by Crippen LogP contribution is -2.31. The van der Waals surface area contributed by atoms with Gasteiger partial charge in [-0.2, -0.15) is 5.26 Å². The first-order valence-electron chi connectivity index (χ1n) is 7.84. The molecule has 6 heteroatoms. The normalized spacial score (nSPS) is 10.9. The number of carbonyl (C=O) groups is 1. The largest absolute Gasteiger partial charge is 0.376 e. The molecule has 5 nitrogen and oxygen atoms in total. The Hall–Kier alpha value is -2.39. The number of nitriles is 1. The van der Waals surface area contributed by atoms with Gasteiger partial charge in [-0.25, -0.2) is 4.98 Å². The molecule has 1 amide bonds. The quantitative estimate of drug-likeness (QED) is 0.846. The van der Waals surface area contributed by atoms with Crippen molar-refractivity contribution in [3.63, 3.8) is 0 Å². The van der Waals surface area contributed by atoms with Crippen molar-refractivity contribution >= 4 is 22.9 Å². The highest BCUT2D eigenvalue weighted by atomic mass is 32.1. The molecule has 2 N–H and O–H groups in total. The van der Waals surface area contributed by atoms with Crippen LogP contribution in [0.1, 0.15) is 37.0 Å². The number of rotatable bonds is 6. The molecular formula is C18H22N4OS. The van der Waals surface area contributed by atoms with Crippen LogP contribution in [0, 0.1) is 11.3 Å². The summed E-state index contributed by atoms with van der Waals surface area (Å²) in [5.41, 5.74) is 2.57. The summed E-state index contributed by atoms with van der Waals surface area (Å²) in [5, 5.41) is 17.8. The monoisotopic (exact) mass is 342 g/mol. The van der Waals surface area contributed by atoms with Gasteiger partial charge in [0.15, 0.2) is 0 Å². The smallest absolute Gasteiger partial charge is 0.239 e. The SMILES string of the molecule is CC(C)(C)c1csc(CCNC(=O)CNc2ccc(C#N)cc2)n1. The highest BCUT2D eigenvalue weighted by molar-refractivity contribution is 7.09. The molecule has 0 spiro atoms. The minimum absolute atomic E-state index is 0.0585. The molecule has 2 aromatic rings. The minimum atomic E-state index is -0.0630. The Kier molecular flexibility index (Phi) is 5.93. The van der Waals surface area contributed by atoms with Crippen molar-refractivity contribution in [2.75, 3.05) is 18.4 Å². The predicted octanol–water partition coefficient (Wildman–Crippen LogP) is 3.08. The fourth-order valence-electron chi connectivity index (χ4n) is 1.99. The van der Waals surface area contributed by atoms with E-state index in [-0.39, 0.29) is 17.9 Å². The lowest BCUT2D eigenvalue weighted by molar-refractivity contribution is -0.119. The third kappa shape index (κ3) is 5.36. The number of hydrogen-bond acceptors (Lipinski definition) is 5. The van der Waals surface area contributed by atoms with Crippen LogP contribution in [0.25, 0.3) is 0 Å². The first-order valence-corrected chi connectivity index (χ1v) is 8.72. The van der Waals surface area contributed by atoms with Gasteiger partial charge in [0, 0.05) is 29.4 Å². The highest BCUT2D eigenvalue weighted by Gasteiger charge is 2.17. The fourth-order valence-corrected chi connectivity index (χ4v) is 3.01. The second-order valence-electron chi connectivity index (χ2n) is 6.52. The minimum Gasteiger partial charge on any atom is -0.376 e. The van der Waals surface area contributed by atoms with Gasteiger partial charge in [-0.3, -0.25) is 4.79 Å². The third-order valence-corrected chi connectivity index (χ3v) is 4.36. The van der Waals surface area contributed by atoms with Crippen molar-refractivity contribution in [1.82, 2.24) is 10.3 Å². The van der Waals surface area contributed by atoms with E-state index in [1.54, 1.807) is 35.6 Å². The van der Waals surface area contributed by atoms with E-state index in [2.05, 4.69) is 47.8 Å². The Labute approximate surface area is 146 Å². The van der Waals surface area contributed by atoms with Crippen LogP contribution < -0.4 is 10.6 Å². The van der Waals surface area contributed by atoms with Crippen LogP contribution >= 0.6 is 11.3 Å². The number of amides is 1. The Morgan fingerprint density at radius 1 is 1.29 bits per heavy atom. The van der Waals surface area contributed by atoms with Gasteiger partial charge in [-0.15, -0.1) is 11.3 Å². The zero-order chi connectivity index (χ0) is 17.6. The molecule has 0 aliphatic carbocycles. The molecule has 1 heterocycles. The van der Waals surface area contributed by atoms with Crippen molar-refractivity contribution in [1.29, 1.82) is 5.26 Å². The summed E-state index contributed by atoms with van der Waals surface area (Å²) in [6, 6.07) is 9.07. The van der Waals surface area contributed by atoms with Crippen LogP contribution in [0.2, 0.25) is 0 Å². The number of carbonyl (C=O) groups excluding carboxylic acids is 1. The van der Waals surface area contributed by atoms with Gasteiger partial charge in [0.05, 0.1) is 28.9 Å². The molecule has 24 heavy (non-hydrogen) atoms. The maximum absolute atomic E-state index is 11.9. The number of nitrogens with one attached hydrogen (secondary N) is 2. The molecule has 1 aromatic heterocycles. The number of hydrogen-bond donors (Lipinski definition) is 2. The van der Waals surface area contributed by atoms with Gasteiger partial charge in [-0.1, -0.05) is 20.8 Å². The van der Waals surface area contributed by atoms with E-state index in [4.69, 9.17) is 5.26 Å². The van der Waals surface area contributed by atoms with E-state index < -0.39 is 0 Å². The zero-order valence-electron chi connectivity index (χ0n) is 14.2. The molecule has 0 saturated carbocycles. The second-order valence-corrected chi connectivity index (χ2v) is 7.46. The number of anilines is 1. The fraction of sp³-hybridized carbons (Fsp3) is 0.389. The summed E-state index contributed by atoms with van der Waals surface area (Å²) in [6.07, 6.45) is 0.739. The van der Waals surface area contributed by atoms with Crippen LogP contribution in [0.4, 0.5) is 5.69 Å². The van der Waals surface area contributed by atoms with Crippen molar-refractivity contribution in [3.05, 3.63) is 45.9 Å². The molecule has 0 saturated heterocycles. The lowest BCUT2D eigenvalue weighted by Gasteiger charge is -2.14.